The molecular weight excluding hydrogens is 260 g/mol. The molecule has 1 aliphatic carbocycles. The van der Waals surface area contributed by atoms with Gasteiger partial charge in [0.05, 0.1) is 5.69 Å². The summed E-state index contributed by atoms with van der Waals surface area (Å²) in [7, 11) is 0. The molecule has 114 valence electrons. The van der Waals surface area contributed by atoms with Crippen molar-refractivity contribution in [2.45, 2.75) is 71.8 Å². The van der Waals surface area contributed by atoms with Crippen LogP contribution in [0.15, 0.2) is 0 Å². The molecule has 0 bridgehead atoms. The minimum absolute atomic E-state index is 0.433. The number of hydrogen-bond donors (Lipinski definition) is 1. The molecule has 4 nitrogen and oxygen atoms in total. The number of nitriles is 1. The highest BCUT2D eigenvalue weighted by molar-refractivity contribution is 5.57. The van der Waals surface area contributed by atoms with Gasteiger partial charge in [-0.05, 0) is 37.2 Å². The average Bonchev–Trinajstić information content (AvgIpc) is 2.54. The highest BCUT2D eigenvalue weighted by Gasteiger charge is 2.25. The molecule has 4 heteroatoms. The van der Waals surface area contributed by atoms with Crippen molar-refractivity contribution in [3.63, 3.8) is 0 Å². The standard InChI is InChI=1S/C17H26N4/c1-4-12-9-7-8-10-16(12)19-17-14(11-18)13(5-2)15(6-3)20-21-17/h12,16H,4-10H2,1-3H3,(H,19,21). The van der Waals surface area contributed by atoms with E-state index < -0.39 is 0 Å². The van der Waals surface area contributed by atoms with Crippen LogP contribution in [0.4, 0.5) is 5.82 Å². The second-order valence-electron chi connectivity index (χ2n) is 5.87. The lowest BCUT2D eigenvalue weighted by atomic mass is 9.83. The predicted octanol–water partition coefficient (Wildman–Crippen LogP) is 3.85. The number of anilines is 1. The van der Waals surface area contributed by atoms with Gasteiger partial charge in [-0.25, -0.2) is 0 Å². The summed E-state index contributed by atoms with van der Waals surface area (Å²) in [6, 6.07) is 2.78. The van der Waals surface area contributed by atoms with E-state index in [0.29, 0.717) is 23.3 Å². The highest BCUT2D eigenvalue weighted by Crippen LogP contribution is 2.30. The van der Waals surface area contributed by atoms with Crippen molar-refractivity contribution in [2.24, 2.45) is 5.92 Å². The number of nitrogens with one attached hydrogen (secondary N) is 1. The summed E-state index contributed by atoms with van der Waals surface area (Å²) >= 11 is 0. The molecule has 0 spiro atoms. The Labute approximate surface area is 128 Å². The third kappa shape index (κ3) is 3.34. The smallest absolute Gasteiger partial charge is 0.167 e. The lowest BCUT2D eigenvalue weighted by molar-refractivity contribution is 0.316. The Hall–Kier alpha value is -1.63. The Kier molecular flexibility index (Phi) is 5.55. The van der Waals surface area contributed by atoms with Gasteiger partial charge in [0.25, 0.3) is 0 Å². The van der Waals surface area contributed by atoms with Crippen LogP contribution in [-0.4, -0.2) is 16.2 Å². The molecule has 0 saturated heterocycles. The normalized spacial score (nSPS) is 21.8. The van der Waals surface area contributed by atoms with Crippen molar-refractivity contribution in [1.29, 1.82) is 5.26 Å². The number of rotatable bonds is 5. The molecular formula is C17H26N4. The van der Waals surface area contributed by atoms with Crippen LogP contribution in [-0.2, 0) is 12.8 Å². The molecule has 2 atom stereocenters. The van der Waals surface area contributed by atoms with E-state index in [2.05, 4.69) is 42.4 Å². The van der Waals surface area contributed by atoms with Gasteiger partial charge in [0.1, 0.15) is 11.6 Å². The fourth-order valence-corrected chi connectivity index (χ4v) is 3.46. The first-order chi connectivity index (χ1) is 10.2. The largest absolute Gasteiger partial charge is 0.364 e. The van der Waals surface area contributed by atoms with Crippen LogP contribution < -0.4 is 5.32 Å². The summed E-state index contributed by atoms with van der Waals surface area (Å²) in [5.74, 6) is 1.37. The van der Waals surface area contributed by atoms with Gasteiger partial charge in [-0.3, -0.25) is 0 Å². The maximum absolute atomic E-state index is 9.55. The van der Waals surface area contributed by atoms with E-state index >= 15 is 0 Å². The van der Waals surface area contributed by atoms with Gasteiger partial charge in [0, 0.05) is 6.04 Å². The van der Waals surface area contributed by atoms with E-state index in [1.807, 2.05) is 0 Å². The van der Waals surface area contributed by atoms with Crippen molar-refractivity contribution in [3.05, 3.63) is 16.8 Å². The number of hydrogen-bond acceptors (Lipinski definition) is 4. The first-order valence-electron chi connectivity index (χ1n) is 8.30. The average molecular weight is 286 g/mol. The molecule has 0 aliphatic heterocycles. The first kappa shape index (κ1) is 15.8. The van der Waals surface area contributed by atoms with Crippen molar-refractivity contribution in [3.8, 4) is 6.07 Å². The van der Waals surface area contributed by atoms with E-state index in [9.17, 15) is 5.26 Å². The Balaban J connectivity index is 2.29. The summed E-state index contributed by atoms with van der Waals surface area (Å²) in [5, 5.41) is 21.7. The molecule has 1 aromatic rings. The van der Waals surface area contributed by atoms with Crippen molar-refractivity contribution in [2.75, 3.05) is 5.32 Å². The van der Waals surface area contributed by atoms with Crippen LogP contribution >= 0.6 is 0 Å². The van der Waals surface area contributed by atoms with Gasteiger partial charge < -0.3 is 5.32 Å². The molecule has 1 heterocycles. The van der Waals surface area contributed by atoms with Crippen LogP contribution in [0.1, 0.15) is 69.7 Å². The fourth-order valence-electron chi connectivity index (χ4n) is 3.46. The van der Waals surface area contributed by atoms with Gasteiger partial charge in [-0.1, -0.05) is 40.0 Å². The molecule has 0 amide bonds. The first-order valence-corrected chi connectivity index (χ1v) is 8.30. The number of aromatic nitrogens is 2. The van der Waals surface area contributed by atoms with E-state index in [-0.39, 0.29) is 0 Å². The third-order valence-electron chi connectivity index (χ3n) is 4.71. The SMILES string of the molecule is CCc1nnc(NC2CCCCC2CC)c(C#N)c1CC. The number of nitrogens with zero attached hydrogens (tertiary/aromatic N) is 3. The second kappa shape index (κ2) is 7.40. The Morgan fingerprint density at radius 3 is 2.52 bits per heavy atom. The molecule has 1 fully saturated rings. The molecule has 2 rings (SSSR count). The monoisotopic (exact) mass is 286 g/mol. The van der Waals surface area contributed by atoms with Crippen LogP contribution in [0.5, 0.6) is 0 Å². The second-order valence-corrected chi connectivity index (χ2v) is 5.87. The summed E-state index contributed by atoms with van der Waals surface area (Å²) in [5.41, 5.74) is 2.71. The maximum atomic E-state index is 9.55. The molecule has 1 saturated carbocycles. The highest BCUT2D eigenvalue weighted by atomic mass is 15.2. The van der Waals surface area contributed by atoms with E-state index in [1.165, 1.54) is 32.1 Å². The van der Waals surface area contributed by atoms with E-state index in [4.69, 9.17) is 0 Å². The van der Waals surface area contributed by atoms with Gasteiger partial charge in [0.2, 0.25) is 0 Å². The van der Waals surface area contributed by atoms with Gasteiger partial charge in [0.15, 0.2) is 5.82 Å². The van der Waals surface area contributed by atoms with E-state index in [0.717, 1.165) is 24.1 Å². The Bertz CT molecular complexity index is 518. The van der Waals surface area contributed by atoms with Crippen molar-refractivity contribution < 1.29 is 0 Å². The predicted molar refractivity (Wildman–Crippen MR) is 85.2 cm³/mol. The molecule has 1 N–H and O–H groups in total. The minimum Gasteiger partial charge on any atom is -0.364 e. The zero-order valence-corrected chi connectivity index (χ0v) is 13.4. The summed E-state index contributed by atoms with van der Waals surface area (Å²) in [4.78, 5) is 0. The van der Waals surface area contributed by atoms with Crippen molar-refractivity contribution in [1.82, 2.24) is 10.2 Å². The molecule has 0 radical (unpaired) electrons. The summed E-state index contributed by atoms with van der Waals surface area (Å²) < 4.78 is 0. The lowest BCUT2D eigenvalue weighted by Gasteiger charge is -2.32. The van der Waals surface area contributed by atoms with E-state index in [1.54, 1.807) is 0 Å². The zero-order chi connectivity index (χ0) is 15.2. The van der Waals surface area contributed by atoms with Crippen LogP contribution in [0.25, 0.3) is 0 Å². The van der Waals surface area contributed by atoms with Crippen molar-refractivity contribution >= 4 is 5.82 Å². The zero-order valence-electron chi connectivity index (χ0n) is 13.4. The van der Waals surface area contributed by atoms with Crippen LogP contribution in [0, 0.1) is 17.2 Å². The number of aryl methyl sites for hydroxylation is 1. The summed E-state index contributed by atoms with van der Waals surface area (Å²) in [6.07, 6.45) is 7.86. The van der Waals surface area contributed by atoms with Crippen LogP contribution in [0.2, 0.25) is 0 Å². The molecule has 21 heavy (non-hydrogen) atoms. The van der Waals surface area contributed by atoms with Gasteiger partial charge >= 0.3 is 0 Å². The molecule has 1 aromatic heterocycles. The quantitative estimate of drug-likeness (QED) is 0.893. The topological polar surface area (TPSA) is 61.6 Å². The molecule has 2 unspecified atom stereocenters. The molecule has 0 aromatic carbocycles. The van der Waals surface area contributed by atoms with Gasteiger partial charge in [-0.2, -0.15) is 10.4 Å². The minimum atomic E-state index is 0.433. The Morgan fingerprint density at radius 1 is 1.14 bits per heavy atom. The molecule has 1 aliphatic rings. The Morgan fingerprint density at radius 2 is 1.90 bits per heavy atom. The fraction of sp³-hybridized carbons (Fsp3) is 0.706. The van der Waals surface area contributed by atoms with Gasteiger partial charge in [-0.15, -0.1) is 5.10 Å². The third-order valence-corrected chi connectivity index (χ3v) is 4.71. The maximum Gasteiger partial charge on any atom is 0.167 e. The lowest BCUT2D eigenvalue weighted by Crippen LogP contribution is -2.32. The van der Waals surface area contributed by atoms with Crippen LogP contribution in [0.3, 0.4) is 0 Å². The summed E-state index contributed by atoms with van der Waals surface area (Å²) in [6.45, 7) is 6.39.